The molecule has 1 heterocycles. The Morgan fingerprint density at radius 2 is 1.22 bits per heavy atom. The van der Waals surface area contributed by atoms with Crippen molar-refractivity contribution in [2.24, 2.45) is 0 Å². The predicted molar refractivity (Wildman–Crippen MR) is 101 cm³/mol. The van der Waals surface area contributed by atoms with E-state index in [9.17, 15) is 5.11 Å². The van der Waals surface area contributed by atoms with Gasteiger partial charge in [-0.05, 0) is 35.4 Å². The summed E-state index contributed by atoms with van der Waals surface area (Å²) in [7, 11) is 6.19. The van der Waals surface area contributed by atoms with Crippen molar-refractivity contribution in [3.8, 4) is 51.0 Å². The van der Waals surface area contributed by atoms with Gasteiger partial charge in [0.05, 0.1) is 40.8 Å². The van der Waals surface area contributed by atoms with Crippen LogP contribution in [0.4, 0.5) is 0 Å². The SMILES string of the molecule is COc1ccc(-c2cnncc2-c2cc(OC)c(OC)c(OC)c2)cc1O. The molecule has 0 saturated heterocycles. The number of hydrogen-bond acceptors (Lipinski definition) is 7. The molecule has 0 radical (unpaired) electrons. The van der Waals surface area contributed by atoms with Crippen molar-refractivity contribution in [3.63, 3.8) is 0 Å². The van der Waals surface area contributed by atoms with E-state index in [2.05, 4.69) is 10.2 Å². The summed E-state index contributed by atoms with van der Waals surface area (Å²) < 4.78 is 21.4. The summed E-state index contributed by atoms with van der Waals surface area (Å²) in [6.45, 7) is 0. The van der Waals surface area contributed by atoms with Gasteiger partial charge in [-0.2, -0.15) is 10.2 Å². The lowest BCUT2D eigenvalue weighted by Crippen LogP contribution is -1.97. The van der Waals surface area contributed by atoms with Crippen LogP contribution in [0.15, 0.2) is 42.7 Å². The van der Waals surface area contributed by atoms with Crippen molar-refractivity contribution in [1.82, 2.24) is 10.2 Å². The van der Waals surface area contributed by atoms with Gasteiger partial charge < -0.3 is 24.1 Å². The molecule has 3 aromatic rings. The van der Waals surface area contributed by atoms with E-state index >= 15 is 0 Å². The molecule has 0 amide bonds. The Morgan fingerprint density at radius 1 is 0.667 bits per heavy atom. The maximum absolute atomic E-state index is 10.1. The van der Waals surface area contributed by atoms with Gasteiger partial charge in [-0.15, -0.1) is 0 Å². The van der Waals surface area contributed by atoms with Crippen LogP contribution in [0.2, 0.25) is 0 Å². The van der Waals surface area contributed by atoms with Crippen molar-refractivity contribution in [3.05, 3.63) is 42.7 Å². The van der Waals surface area contributed by atoms with Crippen molar-refractivity contribution in [2.45, 2.75) is 0 Å². The quantitative estimate of drug-likeness (QED) is 0.712. The molecule has 0 bridgehead atoms. The third-order valence-electron chi connectivity index (χ3n) is 4.20. The van der Waals surface area contributed by atoms with Gasteiger partial charge in [-0.25, -0.2) is 0 Å². The molecule has 7 heteroatoms. The fourth-order valence-corrected chi connectivity index (χ4v) is 2.88. The normalized spacial score (nSPS) is 10.4. The van der Waals surface area contributed by atoms with Gasteiger partial charge in [0.25, 0.3) is 0 Å². The molecule has 0 fully saturated rings. The number of hydrogen-bond donors (Lipinski definition) is 1. The molecule has 1 N–H and O–H groups in total. The molecule has 0 saturated carbocycles. The third kappa shape index (κ3) is 3.44. The van der Waals surface area contributed by atoms with Crippen LogP contribution in [0.25, 0.3) is 22.3 Å². The Labute approximate surface area is 157 Å². The average Bonchev–Trinajstić information content (AvgIpc) is 2.72. The molecule has 3 rings (SSSR count). The number of rotatable bonds is 6. The topological polar surface area (TPSA) is 82.9 Å². The zero-order valence-corrected chi connectivity index (χ0v) is 15.5. The lowest BCUT2D eigenvalue weighted by Gasteiger charge is -2.16. The summed E-state index contributed by atoms with van der Waals surface area (Å²) in [6.07, 6.45) is 3.29. The number of aromatic nitrogens is 2. The summed E-state index contributed by atoms with van der Waals surface area (Å²) in [5.74, 6) is 2.02. The zero-order chi connectivity index (χ0) is 19.4. The minimum absolute atomic E-state index is 0.0441. The molecule has 1 aromatic heterocycles. The minimum atomic E-state index is 0.0441. The second-order valence-corrected chi connectivity index (χ2v) is 5.62. The second kappa shape index (κ2) is 7.82. The van der Waals surface area contributed by atoms with Gasteiger partial charge in [0.2, 0.25) is 5.75 Å². The van der Waals surface area contributed by atoms with Gasteiger partial charge in [-0.1, -0.05) is 6.07 Å². The van der Waals surface area contributed by atoms with Crippen LogP contribution in [-0.2, 0) is 0 Å². The van der Waals surface area contributed by atoms with Crippen LogP contribution in [0.5, 0.6) is 28.7 Å². The standard InChI is InChI=1S/C20H20N2O5/c1-24-17-6-5-12(7-16(17)23)14-10-21-22-11-15(14)13-8-18(25-2)20(27-4)19(9-13)26-3/h5-11,23H,1-4H3. The Bertz CT molecular complexity index is 934. The van der Waals surface area contributed by atoms with Gasteiger partial charge in [0, 0.05) is 11.1 Å². The first-order valence-corrected chi connectivity index (χ1v) is 8.11. The Hall–Kier alpha value is -3.48. The first kappa shape index (κ1) is 18.3. The van der Waals surface area contributed by atoms with E-state index < -0.39 is 0 Å². The summed E-state index contributed by atoms with van der Waals surface area (Å²) in [5, 5.41) is 18.1. The monoisotopic (exact) mass is 368 g/mol. The van der Waals surface area contributed by atoms with Crippen LogP contribution >= 0.6 is 0 Å². The molecule has 0 aliphatic rings. The molecule has 0 aliphatic carbocycles. The largest absolute Gasteiger partial charge is 0.504 e. The number of phenolic OH excluding ortho intramolecular Hbond substituents is 1. The van der Waals surface area contributed by atoms with E-state index in [1.807, 2.05) is 18.2 Å². The highest BCUT2D eigenvalue weighted by atomic mass is 16.5. The highest BCUT2D eigenvalue weighted by molar-refractivity contribution is 5.85. The highest BCUT2D eigenvalue weighted by Crippen LogP contribution is 2.43. The van der Waals surface area contributed by atoms with Crippen molar-refractivity contribution in [1.29, 1.82) is 0 Å². The van der Waals surface area contributed by atoms with E-state index in [0.29, 0.717) is 23.0 Å². The Balaban J connectivity index is 2.18. The lowest BCUT2D eigenvalue weighted by atomic mass is 9.97. The fourth-order valence-electron chi connectivity index (χ4n) is 2.88. The van der Waals surface area contributed by atoms with Crippen LogP contribution in [0.1, 0.15) is 0 Å². The number of ether oxygens (including phenoxy) is 4. The first-order valence-electron chi connectivity index (χ1n) is 8.11. The van der Waals surface area contributed by atoms with Gasteiger partial charge in [-0.3, -0.25) is 0 Å². The summed E-state index contributed by atoms with van der Waals surface area (Å²) >= 11 is 0. The van der Waals surface area contributed by atoms with E-state index in [-0.39, 0.29) is 5.75 Å². The average molecular weight is 368 g/mol. The Morgan fingerprint density at radius 3 is 1.70 bits per heavy atom. The smallest absolute Gasteiger partial charge is 0.203 e. The molecular formula is C20H20N2O5. The van der Waals surface area contributed by atoms with Crippen LogP contribution in [0.3, 0.4) is 0 Å². The number of phenols is 1. The molecule has 0 unspecified atom stereocenters. The maximum atomic E-state index is 10.1. The number of benzene rings is 2. The molecule has 0 spiro atoms. The summed E-state index contributed by atoms with van der Waals surface area (Å²) in [6, 6.07) is 8.84. The molecule has 140 valence electrons. The fraction of sp³-hybridized carbons (Fsp3) is 0.200. The third-order valence-corrected chi connectivity index (χ3v) is 4.20. The number of methoxy groups -OCH3 is 4. The Kier molecular flexibility index (Phi) is 5.30. The van der Waals surface area contributed by atoms with E-state index in [4.69, 9.17) is 18.9 Å². The van der Waals surface area contributed by atoms with Gasteiger partial charge in [0.15, 0.2) is 23.0 Å². The maximum Gasteiger partial charge on any atom is 0.203 e. The van der Waals surface area contributed by atoms with Gasteiger partial charge >= 0.3 is 0 Å². The first-order chi connectivity index (χ1) is 13.1. The van der Waals surface area contributed by atoms with Crippen molar-refractivity contribution in [2.75, 3.05) is 28.4 Å². The lowest BCUT2D eigenvalue weighted by molar-refractivity contribution is 0.324. The van der Waals surface area contributed by atoms with Crippen molar-refractivity contribution >= 4 is 0 Å². The molecule has 0 aliphatic heterocycles. The molecule has 27 heavy (non-hydrogen) atoms. The van der Waals surface area contributed by atoms with E-state index in [1.54, 1.807) is 45.9 Å². The van der Waals surface area contributed by atoms with Gasteiger partial charge in [0.1, 0.15) is 0 Å². The molecule has 7 nitrogen and oxygen atoms in total. The van der Waals surface area contributed by atoms with E-state index in [1.165, 1.54) is 7.11 Å². The van der Waals surface area contributed by atoms with E-state index in [0.717, 1.165) is 22.3 Å². The predicted octanol–water partition coefficient (Wildman–Crippen LogP) is 3.55. The van der Waals surface area contributed by atoms with Crippen LogP contribution in [-0.4, -0.2) is 43.7 Å². The second-order valence-electron chi connectivity index (χ2n) is 5.62. The molecular weight excluding hydrogens is 348 g/mol. The zero-order valence-electron chi connectivity index (χ0n) is 15.5. The molecule has 2 aromatic carbocycles. The van der Waals surface area contributed by atoms with Crippen LogP contribution in [0, 0.1) is 0 Å². The van der Waals surface area contributed by atoms with Crippen molar-refractivity contribution < 1.29 is 24.1 Å². The van der Waals surface area contributed by atoms with Crippen LogP contribution < -0.4 is 18.9 Å². The summed E-state index contributed by atoms with van der Waals surface area (Å²) in [4.78, 5) is 0. The number of nitrogens with zero attached hydrogens (tertiary/aromatic N) is 2. The summed E-state index contributed by atoms with van der Waals surface area (Å²) in [5.41, 5.74) is 3.17. The molecule has 0 atom stereocenters. The highest BCUT2D eigenvalue weighted by Gasteiger charge is 2.17. The minimum Gasteiger partial charge on any atom is -0.504 e. The number of aromatic hydroxyl groups is 1.